The van der Waals surface area contributed by atoms with Gasteiger partial charge in [-0.05, 0) is 30.2 Å². The van der Waals surface area contributed by atoms with E-state index in [1.165, 1.54) is 17.7 Å². The minimum atomic E-state index is -0.377. The summed E-state index contributed by atoms with van der Waals surface area (Å²) in [5.74, 6) is -0.105. The Balaban J connectivity index is 1.20. The fourth-order valence-electron chi connectivity index (χ4n) is 4.83. The van der Waals surface area contributed by atoms with Crippen molar-refractivity contribution in [3.63, 3.8) is 0 Å². The van der Waals surface area contributed by atoms with Crippen molar-refractivity contribution in [2.45, 2.75) is 13.0 Å². The molecule has 2 N–H and O–H groups in total. The first kappa shape index (κ1) is 23.0. The van der Waals surface area contributed by atoms with E-state index >= 15 is 0 Å². The first-order chi connectivity index (χ1) is 16.6. The standard InChI is InChI=1S/C26H30FN3O4/c27-20-2-4-23-22(16-20)24(26(32)28-23)25-21-3-1-18(15-19(21)17-34-25)5-6-29-7-9-30(10-8-29)11-13-33-14-12-31/h1-4,15-16,31H,5-14,17H2,(H,28,32). The van der Waals surface area contributed by atoms with E-state index in [9.17, 15) is 9.18 Å². The lowest BCUT2D eigenvalue weighted by Gasteiger charge is -2.34. The summed E-state index contributed by atoms with van der Waals surface area (Å²) in [6.07, 6.45) is 0.952. The smallest absolute Gasteiger partial charge is 0.260 e. The molecule has 1 saturated heterocycles. The molecule has 180 valence electrons. The number of benzene rings is 2. The number of nitrogens with one attached hydrogen (secondary N) is 1. The first-order valence-corrected chi connectivity index (χ1v) is 11.9. The Bertz CT molecular complexity index is 1100. The third-order valence-electron chi connectivity index (χ3n) is 6.71. The molecule has 0 saturated carbocycles. The van der Waals surface area contributed by atoms with E-state index in [0.717, 1.165) is 56.8 Å². The van der Waals surface area contributed by atoms with E-state index in [2.05, 4.69) is 27.2 Å². The molecule has 0 radical (unpaired) electrons. The van der Waals surface area contributed by atoms with Gasteiger partial charge in [-0.3, -0.25) is 9.69 Å². The normalized spacial score (nSPS) is 20.2. The fraction of sp³-hybridized carbons (Fsp3) is 0.423. The number of nitrogens with zero attached hydrogens (tertiary/aromatic N) is 2. The molecule has 3 aliphatic rings. The van der Waals surface area contributed by atoms with E-state index in [0.29, 0.717) is 42.4 Å². The molecule has 3 heterocycles. The number of piperazine rings is 1. The number of rotatable bonds is 8. The minimum absolute atomic E-state index is 0.0740. The SMILES string of the molecule is O=C1Nc2ccc(F)cc2C1=C1OCc2cc(CCN3CCN(CCOCCO)CC3)ccc21. The average molecular weight is 468 g/mol. The summed E-state index contributed by atoms with van der Waals surface area (Å²) in [7, 11) is 0. The number of ether oxygens (including phenoxy) is 2. The number of fused-ring (bicyclic) bond motifs is 2. The van der Waals surface area contributed by atoms with Crippen molar-refractivity contribution < 1.29 is 23.8 Å². The third kappa shape index (κ3) is 4.86. The number of aliphatic hydroxyl groups is 1. The van der Waals surface area contributed by atoms with Crippen molar-refractivity contribution in [1.82, 2.24) is 9.80 Å². The highest BCUT2D eigenvalue weighted by molar-refractivity contribution is 6.36. The number of carbonyl (C=O) groups excluding carboxylic acids is 1. The van der Waals surface area contributed by atoms with E-state index < -0.39 is 0 Å². The second kappa shape index (κ2) is 10.2. The molecule has 1 fully saturated rings. The van der Waals surface area contributed by atoms with E-state index in [1.807, 2.05) is 6.07 Å². The molecule has 34 heavy (non-hydrogen) atoms. The molecule has 2 aromatic rings. The summed E-state index contributed by atoms with van der Waals surface area (Å²) in [5.41, 5.74) is 4.78. The Labute approximate surface area is 198 Å². The van der Waals surface area contributed by atoms with E-state index in [1.54, 1.807) is 6.07 Å². The predicted molar refractivity (Wildman–Crippen MR) is 128 cm³/mol. The highest BCUT2D eigenvalue weighted by Crippen LogP contribution is 2.41. The predicted octanol–water partition coefficient (Wildman–Crippen LogP) is 2.35. The maximum absolute atomic E-state index is 13.8. The van der Waals surface area contributed by atoms with Gasteiger partial charge in [0.05, 0.1) is 25.4 Å². The zero-order chi connectivity index (χ0) is 23.5. The maximum atomic E-state index is 13.8. The van der Waals surface area contributed by atoms with Crippen LogP contribution in [0.1, 0.15) is 22.3 Å². The Morgan fingerprint density at radius 2 is 1.79 bits per heavy atom. The van der Waals surface area contributed by atoms with Gasteiger partial charge in [0.25, 0.3) is 5.91 Å². The first-order valence-electron chi connectivity index (χ1n) is 11.9. The minimum Gasteiger partial charge on any atom is -0.487 e. The van der Waals surface area contributed by atoms with Crippen LogP contribution in [0.2, 0.25) is 0 Å². The van der Waals surface area contributed by atoms with Crippen LogP contribution in [0.5, 0.6) is 0 Å². The van der Waals surface area contributed by atoms with Crippen molar-refractivity contribution in [3.05, 3.63) is 64.5 Å². The van der Waals surface area contributed by atoms with Crippen molar-refractivity contribution >= 4 is 22.9 Å². The van der Waals surface area contributed by atoms with Crippen LogP contribution in [0.4, 0.5) is 10.1 Å². The molecule has 0 unspecified atom stereocenters. The number of aliphatic hydroxyl groups excluding tert-OH is 1. The molecule has 8 heteroatoms. The number of amides is 1. The molecular formula is C26H30FN3O4. The second-order valence-electron chi connectivity index (χ2n) is 8.90. The van der Waals surface area contributed by atoms with Crippen LogP contribution < -0.4 is 5.32 Å². The Hall–Kier alpha value is -2.78. The Morgan fingerprint density at radius 1 is 1.00 bits per heavy atom. The molecule has 0 bridgehead atoms. The van der Waals surface area contributed by atoms with Gasteiger partial charge in [-0.15, -0.1) is 0 Å². The molecule has 0 atom stereocenters. The summed E-state index contributed by atoms with van der Waals surface area (Å²) in [6, 6.07) is 10.6. The molecule has 0 aromatic heterocycles. The summed E-state index contributed by atoms with van der Waals surface area (Å²) < 4.78 is 25.1. The van der Waals surface area contributed by atoms with Crippen LogP contribution >= 0.6 is 0 Å². The number of anilines is 1. The molecule has 1 amide bonds. The van der Waals surface area contributed by atoms with Gasteiger partial charge in [-0.2, -0.15) is 0 Å². The molecule has 3 aliphatic heterocycles. The highest BCUT2D eigenvalue weighted by atomic mass is 19.1. The summed E-state index contributed by atoms with van der Waals surface area (Å²) in [6.45, 7) is 7.60. The van der Waals surface area contributed by atoms with Gasteiger partial charge < -0.3 is 24.8 Å². The molecule has 2 aromatic carbocycles. The zero-order valence-corrected chi connectivity index (χ0v) is 19.2. The number of hydrogen-bond acceptors (Lipinski definition) is 6. The lowest BCUT2D eigenvalue weighted by molar-refractivity contribution is -0.110. The number of hydrogen-bond donors (Lipinski definition) is 2. The number of halogens is 1. The van der Waals surface area contributed by atoms with Crippen LogP contribution in [0.3, 0.4) is 0 Å². The Morgan fingerprint density at radius 3 is 2.59 bits per heavy atom. The third-order valence-corrected chi connectivity index (χ3v) is 6.71. The second-order valence-corrected chi connectivity index (χ2v) is 8.90. The van der Waals surface area contributed by atoms with Crippen LogP contribution in [-0.4, -0.2) is 79.9 Å². The van der Waals surface area contributed by atoms with Crippen LogP contribution in [0, 0.1) is 5.82 Å². The van der Waals surface area contributed by atoms with Crippen molar-refractivity contribution in [1.29, 1.82) is 0 Å². The van der Waals surface area contributed by atoms with Gasteiger partial charge in [-0.1, -0.05) is 18.2 Å². The van der Waals surface area contributed by atoms with Gasteiger partial charge in [0.1, 0.15) is 18.2 Å². The Kier molecular flexibility index (Phi) is 6.92. The van der Waals surface area contributed by atoms with Crippen molar-refractivity contribution in [2.75, 3.05) is 64.4 Å². The van der Waals surface area contributed by atoms with Crippen LogP contribution in [0.15, 0.2) is 36.4 Å². The fourth-order valence-corrected chi connectivity index (χ4v) is 4.83. The molecular weight excluding hydrogens is 437 g/mol. The van der Waals surface area contributed by atoms with Crippen LogP contribution in [-0.2, 0) is 27.3 Å². The lowest BCUT2D eigenvalue weighted by atomic mass is 9.98. The topological polar surface area (TPSA) is 74.3 Å². The highest BCUT2D eigenvalue weighted by Gasteiger charge is 2.32. The number of carbonyl (C=O) groups is 1. The van der Waals surface area contributed by atoms with Crippen molar-refractivity contribution in [3.8, 4) is 0 Å². The largest absolute Gasteiger partial charge is 0.487 e. The monoisotopic (exact) mass is 467 g/mol. The van der Waals surface area contributed by atoms with Gasteiger partial charge in [0.2, 0.25) is 0 Å². The van der Waals surface area contributed by atoms with Gasteiger partial charge >= 0.3 is 0 Å². The quantitative estimate of drug-likeness (QED) is 0.459. The maximum Gasteiger partial charge on any atom is 0.260 e. The van der Waals surface area contributed by atoms with Crippen molar-refractivity contribution in [2.24, 2.45) is 0 Å². The summed E-state index contributed by atoms with van der Waals surface area (Å²) in [4.78, 5) is 17.5. The molecule has 0 spiro atoms. The zero-order valence-electron chi connectivity index (χ0n) is 19.2. The van der Waals surface area contributed by atoms with E-state index in [4.69, 9.17) is 14.6 Å². The lowest BCUT2D eigenvalue weighted by Crippen LogP contribution is -2.47. The summed E-state index contributed by atoms with van der Waals surface area (Å²) >= 11 is 0. The summed E-state index contributed by atoms with van der Waals surface area (Å²) in [5, 5.41) is 11.6. The van der Waals surface area contributed by atoms with Crippen LogP contribution in [0.25, 0.3) is 11.3 Å². The molecule has 7 nitrogen and oxygen atoms in total. The van der Waals surface area contributed by atoms with Gasteiger partial charge in [0.15, 0.2) is 0 Å². The van der Waals surface area contributed by atoms with Gasteiger partial charge in [0, 0.05) is 61.6 Å². The molecule has 0 aliphatic carbocycles. The average Bonchev–Trinajstić information content (AvgIpc) is 3.40. The van der Waals surface area contributed by atoms with Gasteiger partial charge in [-0.25, -0.2) is 4.39 Å². The van der Waals surface area contributed by atoms with E-state index in [-0.39, 0.29) is 18.3 Å². The molecule has 5 rings (SSSR count).